The van der Waals surface area contributed by atoms with E-state index >= 15 is 0 Å². The van der Waals surface area contributed by atoms with Crippen LogP contribution in [0.25, 0.3) is 0 Å². The molecule has 1 atom stereocenters. The summed E-state index contributed by atoms with van der Waals surface area (Å²) in [6, 6.07) is 10.5. The Hall–Kier alpha value is -1.81. The second-order valence-corrected chi connectivity index (χ2v) is 5.32. The number of benzene rings is 1. The standard InChI is InChI=1S/C16H23N3O/c1-13(2)20-16-7-4-6-15(10-16)11-17-14(3)12-19-9-5-8-18-19/h4-10,13-14,17H,11-12H2,1-3H3. The monoisotopic (exact) mass is 273 g/mol. The largest absolute Gasteiger partial charge is 0.491 e. The summed E-state index contributed by atoms with van der Waals surface area (Å²) in [5.41, 5.74) is 1.23. The predicted molar refractivity (Wildman–Crippen MR) is 80.7 cm³/mol. The molecule has 0 aliphatic rings. The first-order valence-electron chi connectivity index (χ1n) is 7.10. The Labute approximate surface area is 120 Å². The summed E-state index contributed by atoms with van der Waals surface area (Å²) >= 11 is 0. The van der Waals surface area contributed by atoms with E-state index in [0.717, 1.165) is 18.8 Å². The number of aromatic nitrogens is 2. The Morgan fingerprint density at radius 3 is 2.80 bits per heavy atom. The molecule has 2 aromatic rings. The molecule has 0 aliphatic heterocycles. The lowest BCUT2D eigenvalue weighted by Crippen LogP contribution is -2.30. The second kappa shape index (κ2) is 7.10. The molecule has 0 saturated carbocycles. The van der Waals surface area contributed by atoms with Crippen LogP contribution in [-0.2, 0) is 13.1 Å². The molecule has 1 unspecified atom stereocenters. The Balaban J connectivity index is 1.84. The van der Waals surface area contributed by atoms with E-state index in [2.05, 4.69) is 29.5 Å². The third-order valence-electron chi connectivity index (χ3n) is 2.94. The minimum absolute atomic E-state index is 0.206. The first-order chi connectivity index (χ1) is 9.63. The van der Waals surface area contributed by atoms with E-state index in [1.165, 1.54) is 5.56 Å². The average Bonchev–Trinajstić information content (AvgIpc) is 2.89. The summed E-state index contributed by atoms with van der Waals surface area (Å²) in [5.74, 6) is 0.930. The maximum atomic E-state index is 5.70. The van der Waals surface area contributed by atoms with E-state index in [0.29, 0.717) is 6.04 Å². The van der Waals surface area contributed by atoms with Crippen molar-refractivity contribution >= 4 is 0 Å². The van der Waals surface area contributed by atoms with Crippen molar-refractivity contribution in [2.75, 3.05) is 0 Å². The summed E-state index contributed by atoms with van der Waals surface area (Å²) in [7, 11) is 0. The van der Waals surface area contributed by atoms with Crippen LogP contribution in [0.3, 0.4) is 0 Å². The van der Waals surface area contributed by atoms with E-state index in [1.807, 2.05) is 42.9 Å². The van der Waals surface area contributed by atoms with Crippen LogP contribution < -0.4 is 10.1 Å². The smallest absolute Gasteiger partial charge is 0.120 e. The van der Waals surface area contributed by atoms with Crippen LogP contribution in [0.5, 0.6) is 5.75 Å². The van der Waals surface area contributed by atoms with Gasteiger partial charge in [-0.25, -0.2) is 0 Å². The number of nitrogens with zero attached hydrogens (tertiary/aromatic N) is 2. The Morgan fingerprint density at radius 2 is 2.10 bits per heavy atom. The molecule has 0 fully saturated rings. The van der Waals surface area contributed by atoms with Crippen LogP contribution in [0, 0.1) is 0 Å². The third-order valence-corrected chi connectivity index (χ3v) is 2.94. The van der Waals surface area contributed by atoms with E-state index < -0.39 is 0 Å². The normalized spacial score (nSPS) is 12.6. The number of hydrogen-bond donors (Lipinski definition) is 1. The molecule has 0 bridgehead atoms. The van der Waals surface area contributed by atoms with Crippen molar-refractivity contribution < 1.29 is 4.74 Å². The molecule has 0 amide bonds. The fourth-order valence-electron chi connectivity index (χ4n) is 2.05. The van der Waals surface area contributed by atoms with Gasteiger partial charge in [0.05, 0.1) is 12.6 Å². The Bertz CT molecular complexity index is 508. The van der Waals surface area contributed by atoms with Gasteiger partial charge in [-0.1, -0.05) is 12.1 Å². The van der Waals surface area contributed by atoms with E-state index in [4.69, 9.17) is 4.74 Å². The SMILES string of the molecule is CC(Cn1cccn1)NCc1cccc(OC(C)C)c1. The maximum Gasteiger partial charge on any atom is 0.120 e. The molecule has 0 aliphatic carbocycles. The summed E-state index contributed by atoms with van der Waals surface area (Å²) in [6.45, 7) is 7.94. The first kappa shape index (κ1) is 14.6. The minimum atomic E-state index is 0.206. The van der Waals surface area contributed by atoms with Crippen molar-refractivity contribution in [2.45, 2.75) is 46.0 Å². The molecule has 1 N–H and O–H groups in total. The van der Waals surface area contributed by atoms with Crippen molar-refractivity contribution in [1.82, 2.24) is 15.1 Å². The van der Waals surface area contributed by atoms with Gasteiger partial charge in [-0.05, 0) is 44.5 Å². The van der Waals surface area contributed by atoms with Crippen LogP contribution in [0.15, 0.2) is 42.7 Å². The highest BCUT2D eigenvalue weighted by Crippen LogP contribution is 2.14. The van der Waals surface area contributed by atoms with Gasteiger partial charge >= 0.3 is 0 Å². The van der Waals surface area contributed by atoms with Crippen molar-refractivity contribution in [3.8, 4) is 5.75 Å². The second-order valence-electron chi connectivity index (χ2n) is 5.32. The fraction of sp³-hybridized carbons (Fsp3) is 0.438. The van der Waals surface area contributed by atoms with Gasteiger partial charge in [0, 0.05) is 25.0 Å². The molecule has 20 heavy (non-hydrogen) atoms. The zero-order valence-corrected chi connectivity index (χ0v) is 12.4. The Kier molecular flexibility index (Phi) is 5.18. The van der Waals surface area contributed by atoms with Gasteiger partial charge in [0.2, 0.25) is 0 Å². The van der Waals surface area contributed by atoms with Crippen LogP contribution in [0.2, 0.25) is 0 Å². The van der Waals surface area contributed by atoms with Crippen molar-refractivity contribution in [3.63, 3.8) is 0 Å². The highest BCUT2D eigenvalue weighted by Gasteiger charge is 2.04. The zero-order valence-electron chi connectivity index (χ0n) is 12.4. The van der Waals surface area contributed by atoms with Gasteiger partial charge in [-0.2, -0.15) is 5.10 Å². The number of hydrogen-bond acceptors (Lipinski definition) is 3. The van der Waals surface area contributed by atoms with Gasteiger partial charge in [-0.15, -0.1) is 0 Å². The molecular weight excluding hydrogens is 250 g/mol. The molecule has 4 heteroatoms. The molecule has 1 heterocycles. The topological polar surface area (TPSA) is 39.1 Å². The molecule has 0 radical (unpaired) electrons. The fourth-order valence-corrected chi connectivity index (χ4v) is 2.05. The van der Waals surface area contributed by atoms with Crippen LogP contribution in [0.1, 0.15) is 26.3 Å². The minimum Gasteiger partial charge on any atom is -0.491 e. The number of nitrogens with one attached hydrogen (secondary N) is 1. The molecule has 0 spiro atoms. The molecule has 1 aromatic carbocycles. The van der Waals surface area contributed by atoms with Crippen LogP contribution >= 0.6 is 0 Å². The van der Waals surface area contributed by atoms with Crippen molar-refractivity contribution in [3.05, 3.63) is 48.3 Å². The Morgan fingerprint density at radius 1 is 1.25 bits per heavy atom. The van der Waals surface area contributed by atoms with Gasteiger partial charge in [-0.3, -0.25) is 4.68 Å². The lowest BCUT2D eigenvalue weighted by molar-refractivity contribution is 0.242. The highest BCUT2D eigenvalue weighted by molar-refractivity contribution is 5.28. The predicted octanol–water partition coefficient (Wildman–Crippen LogP) is 2.85. The van der Waals surface area contributed by atoms with E-state index in [9.17, 15) is 0 Å². The molecule has 4 nitrogen and oxygen atoms in total. The number of ether oxygens (including phenoxy) is 1. The average molecular weight is 273 g/mol. The molecule has 108 valence electrons. The number of rotatable bonds is 7. The van der Waals surface area contributed by atoms with Crippen molar-refractivity contribution in [1.29, 1.82) is 0 Å². The first-order valence-corrected chi connectivity index (χ1v) is 7.10. The van der Waals surface area contributed by atoms with Gasteiger partial charge in [0.1, 0.15) is 5.75 Å². The summed E-state index contributed by atoms with van der Waals surface area (Å²) in [5, 5.41) is 7.72. The quantitative estimate of drug-likeness (QED) is 0.843. The summed E-state index contributed by atoms with van der Waals surface area (Å²) in [6.07, 6.45) is 3.99. The lowest BCUT2D eigenvalue weighted by atomic mass is 10.2. The summed E-state index contributed by atoms with van der Waals surface area (Å²) in [4.78, 5) is 0. The lowest BCUT2D eigenvalue weighted by Gasteiger charge is -2.15. The van der Waals surface area contributed by atoms with Gasteiger partial charge in [0.15, 0.2) is 0 Å². The molecule has 0 saturated heterocycles. The molecular formula is C16H23N3O. The zero-order chi connectivity index (χ0) is 14.4. The molecule has 1 aromatic heterocycles. The van der Waals surface area contributed by atoms with Crippen LogP contribution in [-0.4, -0.2) is 21.9 Å². The van der Waals surface area contributed by atoms with Gasteiger partial charge < -0.3 is 10.1 Å². The molecule has 2 rings (SSSR count). The maximum absolute atomic E-state index is 5.70. The highest BCUT2D eigenvalue weighted by atomic mass is 16.5. The van der Waals surface area contributed by atoms with E-state index in [1.54, 1.807) is 6.20 Å². The van der Waals surface area contributed by atoms with Crippen LogP contribution in [0.4, 0.5) is 0 Å². The third kappa shape index (κ3) is 4.70. The van der Waals surface area contributed by atoms with E-state index in [-0.39, 0.29) is 6.10 Å². The van der Waals surface area contributed by atoms with Gasteiger partial charge in [0.25, 0.3) is 0 Å². The van der Waals surface area contributed by atoms with Crippen molar-refractivity contribution in [2.24, 2.45) is 0 Å². The summed E-state index contributed by atoms with van der Waals surface area (Å²) < 4.78 is 7.65.